The fourth-order valence-corrected chi connectivity index (χ4v) is 3.13. The van der Waals surface area contributed by atoms with Crippen molar-refractivity contribution >= 4 is 34.1 Å². The highest BCUT2D eigenvalue weighted by Crippen LogP contribution is 2.26. The second-order valence-corrected chi connectivity index (χ2v) is 6.80. The fraction of sp³-hybridized carbons (Fsp3) is 0.200. The molecule has 0 fully saturated rings. The normalized spacial score (nSPS) is 12.0. The average Bonchev–Trinajstić information content (AvgIpc) is 2.66. The van der Waals surface area contributed by atoms with Crippen molar-refractivity contribution in [2.24, 2.45) is 7.05 Å². The number of carbonyl (C=O) groups excluding carboxylic acids is 1. The number of amides is 2. The van der Waals surface area contributed by atoms with E-state index >= 15 is 0 Å². The van der Waals surface area contributed by atoms with Crippen molar-refractivity contribution in [1.82, 2.24) is 9.47 Å². The highest BCUT2D eigenvalue weighted by atomic mass is 35.5. The van der Waals surface area contributed by atoms with Crippen LogP contribution in [0.25, 0.3) is 10.8 Å². The summed E-state index contributed by atoms with van der Waals surface area (Å²) in [7, 11) is 3.34. The van der Waals surface area contributed by atoms with Crippen molar-refractivity contribution in [3.8, 4) is 0 Å². The maximum Gasteiger partial charge on any atom is 0.322 e. The van der Waals surface area contributed by atoms with Gasteiger partial charge in [0.1, 0.15) is 5.82 Å². The Morgan fingerprint density at radius 1 is 1.22 bits per heavy atom. The molecule has 7 heteroatoms. The largest absolute Gasteiger partial charge is 0.322 e. The first-order chi connectivity index (χ1) is 12.8. The number of pyridine rings is 1. The van der Waals surface area contributed by atoms with E-state index in [0.29, 0.717) is 11.1 Å². The van der Waals surface area contributed by atoms with Gasteiger partial charge in [0.2, 0.25) is 0 Å². The van der Waals surface area contributed by atoms with Gasteiger partial charge < -0.3 is 14.8 Å². The average molecular weight is 388 g/mol. The summed E-state index contributed by atoms with van der Waals surface area (Å²) in [5.41, 5.74) is 1.16. The molecule has 1 unspecified atom stereocenters. The second-order valence-electron chi connectivity index (χ2n) is 6.39. The van der Waals surface area contributed by atoms with E-state index in [9.17, 15) is 14.0 Å². The standard InChI is InChI=1S/C20H19ClFN3O2/c1-12(16-11-24(2)19(26)15-7-5-4-6-14(15)16)25(3)20(27)23-13-8-9-18(22)17(21)10-13/h4-12H,1-3H3,(H,23,27). The molecule has 0 bridgehead atoms. The molecule has 0 radical (unpaired) electrons. The van der Waals surface area contributed by atoms with E-state index in [-0.39, 0.29) is 22.7 Å². The van der Waals surface area contributed by atoms with Gasteiger partial charge in [-0.25, -0.2) is 9.18 Å². The van der Waals surface area contributed by atoms with Crippen LogP contribution >= 0.6 is 11.6 Å². The molecule has 1 N–H and O–H groups in total. The number of rotatable bonds is 3. The molecule has 2 aromatic carbocycles. The van der Waals surface area contributed by atoms with Gasteiger partial charge >= 0.3 is 6.03 Å². The Labute approximate surface area is 161 Å². The zero-order valence-electron chi connectivity index (χ0n) is 15.2. The third-order valence-electron chi connectivity index (χ3n) is 4.64. The van der Waals surface area contributed by atoms with Crippen molar-refractivity contribution in [3.63, 3.8) is 0 Å². The molecule has 27 heavy (non-hydrogen) atoms. The third-order valence-corrected chi connectivity index (χ3v) is 4.93. The van der Waals surface area contributed by atoms with E-state index in [1.54, 1.807) is 26.4 Å². The zero-order chi connectivity index (χ0) is 19.7. The first-order valence-corrected chi connectivity index (χ1v) is 8.74. The summed E-state index contributed by atoms with van der Waals surface area (Å²) < 4.78 is 14.8. The smallest absolute Gasteiger partial charge is 0.321 e. The van der Waals surface area contributed by atoms with Crippen molar-refractivity contribution in [3.05, 3.63) is 75.4 Å². The molecule has 0 aliphatic heterocycles. The molecule has 1 heterocycles. The van der Waals surface area contributed by atoms with E-state index in [2.05, 4.69) is 5.32 Å². The lowest BCUT2D eigenvalue weighted by atomic mass is 10.0. The van der Waals surface area contributed by atoms with E-state index in [1.165, 1.54) is 27.7 Å². The van der Waals surface area contributed by atoms with Gasteiger partial charge in [0.05, 0.1) is 11.1 Å². The molecule has 1 aromatic heterocycles. The van der Waals surface area contributed by atoms with Gasteiger partial charge in [-0.1, -0.05) is 29.8 Å². The Morgan fingerprint density at radius 2 is 1.89 bits per heavy atom. The van der Waals surface area contributed by atoms with Crippen LogP contribution < -0.4 is 10.9 Å². The molecule has 0 spiro atoms. The maximum absolute atomic E-state index is 13.3. The van der Waals surface area contributed by atoms with Crippen LogP contribution in [0.5, 0.6) is 0 Å². The molecule has 0 aliphatic rings. The minimum Gasteiger partial charge on any atom is -0.321 e. The molecule has 3 aromatic rings. The third kappa shape index (κ3) is 3.66. The molecule has 5 nitrogen and oxygen atoms in total. The predicted molar refractivity (Wildman–Crippen MR) is 106 cm³/mol. The minimum absolute atomic E-state index is 0.0624. The zero-order valence-corrected chi connectivity index (χ0v) is 15.9. The van der Waals surface area contributed by atoms with Crippen molar-refractivity contribution in [1.29, 1.82) is 0 Å². The Balaban J connectivity index is 1.91. The van der Waals surface area contributed by atoms with Gasteiger partial charge in [-0.3, -0.25) is 4.79 Å². The van der Waals surface area contributed by atoms with Crippen molar-refractivity contribution in [2.75, 3.05) is 12.4 Å². The van der Waals surface area contributed by atoms with E-state index in [1.807, 2.05) is 25.1 Å². The predicted octanol–water partition coefficient (Wildman–Crippen LogP) is 4.56. The number of urea groups is 1. The lowest BCUT2D eigenvalue weighted by Crippen LogP contribution is -2.34. The minimum atomic E-state index is -0.548. The number of anilines is 1. The number of benzene rings is 2. The number of aryl methyl sites for hydroxylation is 1. The summed E-state index contributed by atoms with van der Waals surface area (Å²) in [6.07, 6.45) is 1.74. The molecule has 0 saturated carbocycles. The fourth-order valence-electron chi connectivity index (χ4n) is 2.95. The Kier molecular flexibility index (Phi) is 5.19. The van der Waals surface area contributed by atoms with Gasteiger partial charge in [0.15, 0.2) is 0 Å². The van der Waals surface area contributed by atoms with Crippen LogP contribution in [0.3, 0.4) is 0 Å². The molecule has 2 amide bonds. The molecular weight excluding hydrogens is 369 g/mol. The quantitative estimate of drug-likeness (QED) is 0.716. The monoisotopic (exact) mass is 387 g/mol. The van der Waals surface area contributed by atoms with E-state index in [0.717, 1.165) is 10.9 Å². The lowest BCUT2D eigenvalue weighted by molar-refractivity contribution is 0.208. The number of aromatic nitrogens is 1. The summed E-state index contributed by atoms with van der Waals surface area (Å²) >= 11 is 5.76. The number of nitrogens with one attached hydrogen (secondary N) is 1. The van der Waals surface area contributed by atoms with Crippen LogP contribution in [0.4, 0.5) is 14.9 Å². The van der Waals surface area contributed by atoms with Gasteiger partial charge in [-0.2, -0.15) is 0 Å². The topological polar surface area (TPSA) is 54.3 Å². The number of hydrogen-bond acceptors (Lipinski definition) is 2. The van der Waals surface area contributed by atoms with Gasteiger partial charge in [0, 0.05) is 31.4 Å². The Bertz CT molecular complexity index is 1080. The van der Waals surface area contributed by atoms with Gasteiger partial charge in [-0.05, 0) is 42.1 Å². The summed E-state index contributed by atoms with van der Waals surface area (Å²) in [5, 5.41) is 4.04. The number of fused-ring (bicyclic) bond motifs is 1. The molecule has 3 rings (SSSR count). The van der Waals surface area contributed by atoms with Crippen LogP contribution in [-0.2, 0) is 7.05 Å². The van der Waals surface area contributed by atoms with Crippen LogP contribution in [0, 0.1) is 5.82 Å². The maximum atomic E-state index is 13.3. The van der Waals surface area contributed by atoms with Crippen LogP contribution in [0.1, 0.15) is 18.5 Å². The SMILES string of the molecule is CC(c1cn(C)c(=O)c2ccccc12)N(C)C(=O)Nc1ccc(F)c(Cl)c1. The Morgan fingerprint density at radius 3 is 2.56 bits per heavy atom. The second kappa shape index (κ2) is 7.40. The summed E-state index contributed by atoms with van der Waals surface area (Å²) in [4.78, 5) is 26.5. The van der Waals surface area contributed by atoms with Crippen LogP contribution in [0.15, 0.2) is 53.5 Å². The van der Waals surface area contributed by atoms with E-state index in [4.69, 9.17) is 11.6 Å². The van der Waals surface area contributed by atoms with Crippen molar-refractivity contribution < 1.29 is 9.18 Å². The summed E-state index contributed by atoms with van der Waals surface area (Å²) in [6.45, 7) is 1.88. The van der Waals surface area contributed by atoms with Gasteiger partial charge in [-0.15, -0.1) is 0 Å². The lowest BCUT2D eigenvalue weighted by Gasteiger charge is -2.27. The molecular formula is C20H19ClFN3O2. The molecule has 140 valence electrons. The molecule has 0 saturated heterocycles. The highest BCUT2D eigenvalue weighted by molar-refractivity contribution is 6.31. The van der Waals surface area contributed by atoms with Gasteiger partial charge in [0.25, 0.3) is 5.56 Å². The van der Waals surface area contributed by atoms with E-state index < -0.39 is 5.82 Å². The molecule has 1 atom stereocenters. The number of carbonyl (C=O) groups is 1. The first kappa shape index (κ1) is 18.9. The number of halogens is 2. The van der Waals surface area contributed by atoms with Crippen LogP contribution in [0.2, 0.25) is 5.02 Å². The Hall–Kier alpha value is -2.86. The van der Waals surface area contributed by atoms with Crippen molar-refractivity contribution in [2.45, 2.75) is 13.0 Å². The highest BCUT2D eigenvalue weighted by Gasteiger charge is 2.21. The molecule has 0 aliphatic carbocycles. The number of hydrogen-bond donors (Lipinski definition) is 1. The number of nitrogens with zero attached hydrogens (tertiary/aromatic N) is 2. The summed E-state index contributed by atoms with van der Waals surface area (Å²) in [5.74, 6) is -0.548. The summed E-state index contributed by atoms with van der Waals surface area (Å²) in [6, 6.07) is 10.6. The van der Waals surface area contributed by atoms with Crippen LogP contribution in [-0.4, -0.2) is 22.5 Å². The first-order valence-electron chi connectivity index (χ1n) is 8.36.